The van der Waals surface area contributed by atoms with Crippen molar-refractivity contribution in [3.8, 4) is 11.1 Å². The summed E-state index contributed by atoms with van der Waals surface area (Å²) in [6, 6.07) is 4.81. The molecule has 0 fully saturated rings. The first kappa shape index (κ1) is 13.9. The van der Waals surface area contributed by atoms with E-state index in [1.54, 1.807) is 13.0 Å². The van der Waals surface area contributed by atoms with Gasteiger partial charge in [0.25, 0.3) is 0 Å². The van der Waals surface area contributed by atoms with Crippen molar-refractivity contribution in [3.63, 3.8) is 0 Å². The first-order valence-corrected chi connectivity index (χ1v) is 5.79. The number of benzene rings is 1. The molecule has 5 heteroatoms. The van der Waals surface area contributed by atoms with Crippen LogP contribution in [0.5, 0.6) is 0 Å². The van der Waals surface area contributed by atoms with E-state index in [0.717, 1.165) is 12.1 Å². The third-order valence-corrected chi connectivity index (χ3v) is 2.73. The Balaban J connectivity index is 2.46. The maximum absolute atomic E-state index is 13.2. The topological polar surface area (TPSA) is 50.2 Å². The molecule has 0 radical (unpaired) electrons. The van der Waals surface area contributed by atoms with E-state index >= 15 is 0 Å². The van der Waals surface area contributed by atoms with Gasteiger partial charge in [0.15, 0.2) is 0 Å². The number of halogens is 2. The molecule has 20 heavy (non-hydrogen) atoms. The summed E-state index contributed by atoms with van der Waals surface area (Å²) in [4.78, 5) is 14.6. The molecule has 0 saturated carbocycles. The first-order chi connectivity index (χ1) is 9.45. The van der Waals surface area contributed by atoms with Crippen molar-refractivity contribution in [1.82, 2.24) is 4.98 Å². The highest BCUT2D eigenvalue weighted by molar-refractivity contribution is 5.89. The zero-order valence-electron chi connectivity index (χ0n) is 10.6. The minimum atomic E-state index is -1.07. The molecule has 0 saturated heterocycles. The number of allylic oxidation sites excluding steroid dienone is 1. The number of pyridine rings is 1. The third kappa shape index (κ3) is 3.26. The van der Waals surface area contributed by atoms with Crippen molar-refractivity contribution >= 4 is 11.5 Å². The SMILES string of the molecule is C/C(=C\C(=O)O)c1cncc(-c2cc(F)cc(F)c2)c1. The van der Waals surface area contributed by atoms with Crippen LogP contribution in [0.25, 0.3) is 16.7 Å². The number of carbonyl (C=O) groups is 1. The van der Waals surface area contributed by atoms with Gasteiger partial charge in [-0.3, -0.25) is 4.98 Å². The van der Waals surface area contributed by atoms with E-state index < -0.39 is 17.6 Å². The molecule has 1 aromatic carbocycles. The molecule has 2 aromatic rings. The van der Waals surface area contributed by atoms with Crippen molar-refractivity contribution in [1.29, 1.82) is 0 Å². The van der Waals surface area contributed by atoms with Gasteiger partial charge in [0.1, 0.15) is 11.6 Å². The maximum atomic E-state index is 13.2. The Morgan fingerprint density at radius 1 is 1.10 bits per heavy atom. The van der Waals surface area contributed by atoms with Crippen molar-refractivity contribution in [2.45, 2.75) is 6.92 Å². The van der Waals surface area contributed by atoms with E-state index in [2.05, 4.69) is 4.98 Å². The van der Waals surface area contributed by atoms with Gasteiger partial charge in [-0.2, -0.15) is 0 Å². The number of hydrogen-bond acceptors (Lipinski definition) is 2. The first-order valence-electron chi connectivity index (χ1n) is 5.79. The fourth-order valence-electron chi connectivity index (χ4n) is 1.80. The minimum absolute atomic E-state index is 0.347. The van der Waals surface area contributed by atoms with E-state index in [1.807, 2.05) is 0 Å². The van der Waals surface area contributed by atoms with E-state index in [-0.39, 0.29) is 0 Å². The van der Waals surface area contributed by atoms with Gasteiger partial charge < -0.3 is 5.11 Å². The van der Waals surface area contributed by atoms with Crippen LogP contribution in [-0.4, -0.2) is 16.1 Å². The Morgan fingerprint density at radius 3 is 2.35 bits per heavy atom. The molecule has 0 spiro atoms. The normalized spacial score (nSPS) is 11.4. The molecule has 0 aliphatic heterocycles. The molecule has 1 heterocycles. The van der Waals surface area contributed by atoms with Crippen LogP contribution in [0.2, 0.25) is 0 Å². The van der Waals surface area contributed by atoms with Gasteiger partial charge in [-0.1, -0.05) is 0 Å². The molecule has 1 aromatic heterocycles. The summed E-state index contributed by atoms with van der Waals surface area (Å²) in [5.41, 5.74) is 1.94. The maximum Gasteiger partial charge on any atom is 0.328 e. The van der Waals surface area contributed by atoms with Crippen LogP contribution < -0.4 is 0 Å². The van der Waals surface area contributed by atoms with E-state index in [4.69, 9.17) is 5.11 Å². The molecule has 0 aliphatic rings. The van der Waals surface area contributed by atoms with Gasteiger partial charge in [0.05, 0.1) is 0 Å². The fraction of sp³-hybridized carbons (Fsp3) is 0.0667. The van der Waals surface area contributed by atoms with Crippen molar-refractivity contribution in [2.75, 3.05) is 0 Å². The van der Waals surface area contributed by atoms with Crippen molar-refractivity contribution < 1.29 is 18.7 Å². The quantitative estimate of drug-likeness (QED) is 0.872. The number of hydrogen-bond donors (Lipinski definition) is 1. The monoisotopic (exact) mass is 275 g/mol. The van der Waals surface area contributed by atoms with Gasteiger partial charge >= 0.3 is 5.97 Å². The molecule has 2 rings (SSSR count). The molecule has 0 atom stereocenters. The lowest BCUT2D eigenvalue weighted by Gasteiger charge is -2.05. The number of aliphatic carboxylic acids is 1. The Hall–Kier alpha value is -2.56. The lowest BCUT2D eigenvalue weighted by atomic mass is 10.0. The van der Waals surface area contributed by atoms with Crippen LogP contribution >= 0.6 is 0 Å². The number of aromatic nitrogens is 1. The molecule has 1 N–H and O–H groups in total. The summed E-state index contributed by atoms with van der Waals surface area (Å²) in [6.45, 7) is 1.63. The Morgan fingerprint density at radius 2 is 1.75 bits per heavy atom. The van der Waals surface area contributed by atoms with Crippen LogP contribution in [0.15, 0.2) is 42.7 Å². The molecule has 0 unspecified atom stereocenters. The zero-order valence-corrected chi connectivity index (χ0v) is 10.6. The van der Waals surface area contributed by atoms with Gasteiger partial charge in [0, 0.05) is 30.1 Å². The summed E-state index contributed by atoms with van der Waals surface area (Å²) in [6.07, 6.45) is 4.01. The van der Waals surface area contributed by atoms with Gasteiger partial charge in [-0.15, -0.1) is 0 Å². The number of nitrogens with zero attached hydrogens (tertiary/aromatic N) is 1. The van der Waals surface area contributed by atoms with Gasteiger partial charge in [0.2, 0.25) is 0 Å². The van der Waals surface area contributed by atoms with E-state index in [1.165, 1.54) is 24.5 Å². The van der Waals surface area contributed by atoms with Crippen LogP contribution in [0.4, 0.5) is 8.78 Å². The zero-order chi connectivity index (χ0) is 14.7. The Kier molecular flexibility index (Phi) is 3.89. The average molecular weight is 275 g/mol. The third-order valence-electron chi connectivity index (χ3n) is 2.73. The lowest BCUT2D eigenvalue weighted by Crippen LogP contribution is -1.92. The Bertz CT molecular complexity index is 676. The summed E-state index contributed by atoms with van der Waals surface area (Å²) < 4.78 is 26.4. The van der Waals surface area contributed by atoms with E-state index in [0.29, 0.717) is 22.3 Å². The second-order valence-electron chi connectivity index (χ2n) is 4.29. The summed E-state index contributed by atoms with van der Waals surface area (Å²) >= 11 is 0. The van der Waals surface area contributed by atoms with Crippen molar-refractivity contribution in [3.05, 3.63) is 59.9 Å². The van der Waals surface area contributed by atoms with Gasteiger partial charge in [-0.05, 0) is 41.8 Å². The molecule has 0 aliphatic carbocycles. The minimum Gasteiger partial charge on any atom is -0.478 e. The van der Waals surface area contributed by atoms with E-state index in [9.17, 15) is 13.6 Å². The second-order valence-corrected chi connectivity index (χ2v) is 4.29. The highest BCUT2D eigenvalue weighted by atomic mass is 19.1. The second kappa shape index (κ2) is 5.61. The molecular weight excluding hydrogens is 264 g/mol. The predicted octanol–water partition coefficient (Wildman–Crippen LogP) is 3.51. The summed E-state index contributed by atoms with van der Waals surface area (Å²) in [7, 11) is 0. The fourth-order valence-corrected chi connectivity index (χ4v) is 1.80. The molecule has 0 amide bonds. The number of carboxylic acid groups (broad SMARTS) is 1. The van der Waals surface area contributed by atoms with Crippen molar-refractivity contribution in [2.24, 2.45) is 0 Å². The molecule has 102 valence electrons. The summed E-state index contributed by atoms with van der Waals surface area (Å²) in [5, 5.41) is 8.71. The number of rotatable bonds is 3. The predicted molar refractivity (Wildman–Crippen MR) is 70.9 cm³/mol. The highest BCUT2D eigenvalue weighted by Gasteiger charge is 2.06. The summed E-state index contributed by atoms with van der Waals surface area (Å²) in [5.74, 6) is -2.42. The Labute approximate surface area is 114 Å². The molecule has 3 nitrogen and oxygen atoms in total. The largest absolute Gasteiger partial charge is 0.478 e. The van der Waals surface area contributed by atoms with Crippen LogP contribution in [-0.2, 0) is 4.79 Å². The smallest absolute Gasteiger partial charge is 0.328 e. The van der Waals surface area contributed by atoms with Crippen LogP contribution in [0.3, 0.4) is 0 Å². The standard InChI is InChI=1S/C15H11F2NO2/c1-9(2-15(19)20)11-3-12(8-18-7-11)10-4-13(16)6-14(17)5-10/h2-8H,1H3,(H,19,20)/b9-2+. The van der Waals surface area contributed by atoms with Crippen LogP contribution in [0.1, 0.15) is 12.5 Å². The molecular formula is C15H11F2NO2. The number of carboxylic acids is 1. The lowest BCUT2D eigenvalue weighted by molar-refractivity contribution is -0.131. The van der Waals surface area contributed by atoms with Gasteiger partial charge in [-0.25, -0.2) is 13.6 Å². The average Bonchev–Trinajstić information content (AvgIpc) is 2.37. The highest BCUT2D eigenvalue weighted by Crippen LogP contribution is 2.24. The van der Waals surface area contributed by atoms with Crippen LogP contribution in [0, 0.1) is 11.6 Å². The molecule has 0 bridgehead atoms.